The van der Waals surface area contributed by atoms with E-state index in [1.807, 2.05) is 36.6 Å². The second kappa shape index (κ2) is 8.84. The summed E-state index contributed by atoms with van der Waals surface area (Å²) >= 11 is 3.24. The van der Waals surface area contributed by atoms with Gasteiger partial charge in [-0.05, 0) is 41.6 Å². The number of nitrogens with one attached hydrogen (secondary N) is 1. The molecule has 23 heavy (non-hydrogen) atoms. The maximum atomic E-state index is 11.9. The molecule has 0 fully saturated rings. The van der Waals surface area contributed by atoms with E-state index in [9.17, 15) is 4.79 Å². The molecule has 1 heterocycles. The van der Waals surface area contributed by atoms with Gasteiger partial charge in [0.2, 0.25) is 5.91 Å². The highest BCUT2D eigenvalue weighted by atomic mass is 32.2. The Morgan fingerprint density at radius 3 is 2.65 bits per heavy atom. The first-order chi connectivity index (χ1) is 11.1. The molecule has 0 atom stereocenters. The quantitative estimate of drug-likeness (QED) is 0.789. The molecule has 0 saturated heterocycles. The average Bonchev–Trinajstić information content (AvgIpc) is 3.07. The van der Waals surface area contributed by atoms with Gasteiger partial charge in [0.05, 0.1) is 26.5 Å². The van der Waals surface area contributed by atoms with Crippen LogP contribution >= 0.6 is 23.1 Å². The van der Waals surface area contributed by atoms with Gasteiger partial charge in [-0.1, -0.05) is 6.07 Å². The first-order valence-corrected chi connectivity index (χ1v) is 9.25. The fraction of sp³-hybridized carbons (Fsp3) is 0.353. The van der Waals surface area contributed by atoms with Crippen LogP contribution < -0.4 is 14.8 Å². The molecule has 0 aliphatic rings. The number of thiophene rings is 1. The molecule has 0 saturated carbocycles. The van der Waals surface area contributed by atoms with Crippen LogP contribution in [0.15, 0.2) is 29.6 Å². The number of hydrogen-bond acceptors (Lipinski definition) is 5. The largest absolute Gasteiger partial charge is 0.493 e. The molecule has 2 rings (SSSR count). The number of benzene rings is 1. The summed E-state index contributed by atoms with van der Waals surface area (Å²) < 4.78 is 10.6. The molecular weight excluding hydrogens is 330 g/mol. The van der Waals surface area contributed by atoms with E-state index in [1.54, 1.807) is 37.3 Å². The lowest BCUT2D eigenvalue weighted by Gasteiger charge is -2.12. The minimum absolute atomic E-state index is 0.0570. The van der Waals surface area contributed by atoms with E-state index < -0.39 is 0 Å². The standard InChI is InChI=1S/C17H21NO3S2/c1-12-7-15(20-2)16(21-3)8-13(12)10-22-11-17(19)18-9-14-5-4-6-23-14/h4-8H,9-11H2,1-3H3,(H,18,19). The molecule has 0 bridgehead atoms. The summed E-state index contributed by atoms with van der Waals surface area (Å²) in [6.45, 7) is 2.64. The van der Waals surface area contributed by atoms with Crippen molar-refractivity contribution < 1.29 is 14.3 Å². The van der Waals surface area contributed by atoms with Gasteiger partial charge in [-0.2, -0.15) is 0 Å². The van der Waals surface area contributed by atoms with E-state index in [4.69, 9.17) is 9.47 Å². The molecule has 124 valence electrons. The Bertz CT molecular complexity index is 642. The second-order valence-electron chi connectivity index (χ2n) is 4.98. The van der Waals surface area contributed by atoms with Crippen molar-refractivity contribution in [3.63, 3.8) is 0 Å². The van der Waals surface area contributed by atoms with Crippen LogP contribution in [0.25, 0.3) is 0 Å². The third-order valence-corrected chi connectivity index (χ3v) is 5.23. The van der Waals surface area contributed by atoms with E-state index in [-0.39, 0.29) is 5.91 Å². The van der Waals surface area contributed by atoms with Crippen molar-refractivity contribution >= 4 is 29.0 Å². The predicted octanol–water partition coefficient (Wildman–Crippen LogP) is 3.62. The number of thioether (sulfide) groups is 1. The molecule has 1 aromatic carbocycles. The molecule has 0 spiro atoms. The summed E-state index contributed by atoms with van der Waals surface area (Å²) in [5.74, 6) is 2.71. The fourth-order valence-electron chi connectivity index (χ4n) is 2.08. The minimum atomic E-state index is 0.0570. The van der Waals surface area contributed by atoms with Crippen LogP contribution in [0, 0.1) is 6.92 Å². The van der Waals surface area contributed by atoms with Crippen molar-refractivity contribution in [2.45, 2.75) is 19.2 Å². The Morgan fingerprint density at radius 1 is 1.26 bits per heavy atom. The summed E-state index contributed by atoms with van der Waals surface area (Å²) in [5.41, 5.74) is 2.29. The maximum absolute atomic E-state index is 11.9. The van der Waals surface area contributed by atoms with E-state index in [1.165, 1.54) is 4.88 Å². The Balaban J connectivity index is 1.82. The molecule has 0 radical (unpaired) electrons. The van der Waals surface area contributed by atoms with Crippen molar-refractivity contribution in [1.82, 2.24) is 5.32 Å². The number of rotatable bonds is 8. The zero-order valence-corrected chi connectivity index (χ0v) is 15.2. The van der Waals surface area contributed by atoms with E-state index in [2.05, 4.69) is 5.32 Å². The first-order valence-electron chi connectivity index (χ1n) is 7.22. The van der Waals surface area contributed by atoms with Crippen LogP contribution in [-0.4, -0.2) is 25.9 Å². The molecule has 6 heteroatoms. The number of carbonyl (C=O) groups excluding carboxylic acids is 1. The highest BCUT2D eigenvalue weighted by Crippen LogP contribution is 2.31. The minimum Gasteiger partial charge on any atom is -0.493 e. The molecular formula is C17H21NO3S2. The van der Waals surface area contributed by atoms with Gasteiger partial charge in [0.1, 0.15) is 0 Å². The Kier molecular flexibility index (Phi) is 6.80. The number of amides is 1. The van der Waals surface area contributed by atoms with Crippen molar-refractivity contribution in [2.24, 2.45) is 0 Å². The Labute approximate surface area is 145 Å². The monoisotopic (exact) mass is 351 g/mol. The van der Waals surface area contributed by atoms with Crippen LogP contribution in [0.1, 0.15) is 16.0 Å². The highest BCUT2D eigenvalue weighted by molar-refractivity contribution is 7.99. The fourth-order valence-corrected chi connectivity index (χ4v) is 3.65. The summed E-state index contributed by atoms with van der Waals surface area (Å²) in [6.07, 6.45) is 0. The van der Waals surface area contributed by atoms with Gasteiger partial charge >= 0.3 is 0 Å². The maximum Gasteiger partial charge on any atom is 0.230 e. The van der Waals surface area contributed by atoms with Gasteiger partial charge in [0, 0.05) is 10.6 Å². The molecule has 1 amide bonds. The van der Waals surface area contributed by atoms with Gasteiger partial charge in [-0.15, -0.1) is 23.1 Å². The summed E-state index contributed by atoms with van der Waals surface area (Å²) in [7, 11) is 3.26. The number of hydrogen-bond donors (Lipinski definition) is 1. The zero-order valence-electron chi connectivity index (χ0n) is 13.5. The Morgan fingerprint density at radius 2 is 2.00 bits per heavy atom. The van der Waals surface area contributed by atoms with Crippen LogP contribution in [0.5, 0.6) is 11.5 Å². The summed E-state index contributed by atoms with van der Waals surface area (Å²) in [6, 6.07) is 7.95. The molecule has 1 aromatic heterocycles. The van der Waals surface area contributed by atoms with Gasteiger partial charge in [-0.3, -0.25) is 4.79 Å². The average molecular weight is 351 g/mol. The number of methoxy groups -OCH3 is 2. The second-order valence-corrected chi connectivity index (χ2v) is 7.00. The molecule has 1 N–H and O–H groups in total. The topological polar surface area (TPSA) is 47.6 Å². The van der Waals surface area contributed by atoms with Gasteiger partial charge < -0.3 is 14.8 Å². The lowest BCUT2D eigenvalue weighted by molar-refractivity contribution is -0.118. The lowest BCUT2D eigenvalue weighted by atomic mass is 10.1. The van der Waals surface area contributed by atoms with Crippen LogP contribution in [0.3, 0.4) is 0 Å². The molecule has 0 aliphatic heterocycles. The zero-order chi connectivity index (χ0) is 16.7. The van der Waals surface area contributed by atoms with Crippen molar-refractivity contribution in [2.75, 3.05) is 20.0 Å². The van der Waals surface area contributed by atoms with E-state index in [0.29, 0.717) is 12.3 Å². The summed E-state index contributed by atoms with van der Waals surface area (Å²) in [4.78, 5) is 13.0. The summed E-state index contributed by atoms with van der Waals surface area (Å²) in [5, 5.41) is 4.94. The normalized spacial score (nSPS) is 10.4. The van der Waals surface area contributed by atoms with Crippen LogP contribution in [-0.2, 0) is 17.1 Å². The first kappa shape index (κ1) is 17.7. The van der Waals surface area contributed by atoms with Crippen molar-refractivity contribution in [3.05, 3.63) is 45.6 Å². The van der Waals surface area contributed by atoms with Crippen LogP contribution in [0.2, 0.25) is 0 Å². The van der Waals surface area contributed by atoms with Crippen LogP contribution in [0.4, 0.5) is 0 Å². The van der Waals surface area contributed by atoms with Crippen molar-refractivity contribution in [1.29, 1.82) is 0 Å². The van der Waals surface area contributed by atoms with E-state index >= 15 is 0 Å². The third-order valence-electron chi connectivity index (χ3n) is 3.37. The molecule has 0 unspecified atom stereocenters. The Hall–Kier alpha value is -1.66. The number of ether oxygens (including phenoxy) is 2. The molecule has 0 aliphatic carbocycles. The highest BCUT2D eigenvalue weighted by Gasteiger charge is 2.09. The lowest BCUT2D eigenvalue weighted by Crippen LogP contribution is -2.24. The smallest absolute Gasteiger partial charge is 0.230 e. The van der Waals surface area contributed by atoms with Gasteiger partial charge in [0.25, 0.3) is 0 Å². The van der Waals surface area contributed by atoms with Gasteiger partial charge in [-0.25, -0.2) is 0 Å². The SMILES string of the molecule is COc1cc(C)c(CSCC(=O)NCc2cccs2)cc1OC. The predicted molar refractivity (Wildman–Crippen MR) is 96.6 cm³/mol. The molecule has 4 nitrogen and oxygen atoms in total. The van der Waals surface area contributed by atoms with Gasteiger partial charge in [0.15, 0.2) is 11.5 Å². The number of aryl methyl sites for hydroxylation is 1. The third kappa shape index (κ3) is 5.18. The number of carbonyl (C=O) groups is 1. The van der Waals surface area contributed by atoms with Crippen molar-refractivity contribution in [3.8, 4) is 11.5 Å². The molecule has 2 aromatic rings. The van der Waals surface area contributed by atoms with E-state index in [0.717, 1.165) is 28.4 Å².